The average Bonchev–Trinajstić information content (AvgIpc) is 2.67. The maximum Gasteiger partial charge on any atom is 0.267 e. The summed E-state index contributed by atoms with van der Waals surface area (Å²) in [5.74, 6) is 0.506. The molecule has 0 saturated heterocycles. The molecule has 0 aliphatic carbocycles. The Morgan fingerprint density at radius 1 is 1.35 bits per heavy atom. The van der Waals surface area contributed by atoms with Gasteiger partial charge < -0.3 is 10.1 Å². The van der Waals surface area contributed by atoms with Gasteiger partial charge in [-0.2, -0.15) is 5.10 Å². The average molecular weight is 360 g/mol. The zero-order chi connectivity index (χ0) is 19.1. The summed E-state index contributed by atoms with van der Waals surface area (Å²) in [6.07, 6.45) is 0.697. The normalized spacial score (nSPS) is 15.7. The van der Waals surface area contributed by atoms with Crippen LogP contribution in [0.15, 0.2) is 29.4 Å². The Hall–Kier alpha value is -2.41. The number of methoxy groups -OCH3 is 1. The van der Waals surface area contributed by atoms with Gasteiger partial charge in [0.2, 0.25) is 5.91 Å². The molecule has 0 saturated carbocycles. The van der Waals surface area contributed by atoms with Crippen LogP contribution in [0.3, 0.4) is 0 Å². The molecule has 1 aliphatic heterocycles. The van der Waals surface area contributed by atoms with Crippen LogP contribution in [0.25, 0.3) is 0 Å². The van der Waals surface area contributed by atoms with Gasteiger partial charge in [0, 0.05) is 26.4 Å². The topological polar surface area (TPSA) is 74.2 Å². The fourth-order valence-corrected chi connectivity index (χ4v) is 3.10. The number of likely N-dealkylation sites (N-methyl/N-ethyl adjacent to an activating group) is 1. The second-order valence-corrected chi connectivity index (χ2v) is 6.19. The van der Waals surface area contributed by atoms with Gasteiger partial charge in [0.15, 0.2) is 0 Å². The zero-order valence-corrected chi connectivity index (χ0v) is 16.0. The maximum absolute atomic E-state index is 12.5. The number of ether oxygens (including phenoxy) is 1. The molecule has 1 N–H and O–H groups in total. The van der Waals surface area contributed by atoms with Crippen molar-refractivity contribution in [3.8, 4) is 5.75 Å². The van der Waals surface area contributed by atoms with E-state index in [4.69, 9.17) is 4.74 Å². The number of amides is 2. The van der Waals surface area contributed by atoms with Crippen molar-refractivity contribution in [1.82, 2.24) is 15.2 Å². The number of hydrogen-bond donors (Lipinski definition) is 1. The Kier molecular flexibility index (Phi) is 7.15. The number of carbonyl (C=O) groups is 2. The fraction of sp³-hybridized carbons (Fsp3) is 0.526. The predicted molar refractivity (Wildman–Crippen MR) is 101 cm³/mol. The van der Waals surface area contributed by atoms with E-state index in [1.807, 2.05) is 24.3 Å². The molecule has 2 rings (SSSR count). The van der Waals surface area contributed by atoms with Gasteiger partial charge in [0.25, 0.3) is 5.91 Å². The fourth-order valence-electron chi connectivity index (χ4n) is 3.10. The van der Waals surface area contributed by atoms with Crippen molar-refractivity contribution in [2.75, 3.05) is 33.8 Å². The third-order valence-electron chi connectivity index (χ3n) is 4.66. The Morgan fingerprint density at radius 3 is 2.69 bits per heavy atom. The molecule has 1 aromatic rings. The first-order valence-electron chi connectivity index (χ1n) is 9.00. The van der Waals surface area contributed by atoms with Gasteiger partial charge in [-0.1, -0.05) is 26.0 Å². The number of hydrazone groups is 1. The minimum Gasteiger partial charge on any atom is -0.497 e. The van der Waals surface area contributed by atoms with E-state index < -0.39 is 0 Å². The second kappa shape index (κ2) is 9.33. The molecular formula is C19H28N4O3. The van der Waals surface area contributed by atoms with E-state index in [0.29, 0.717) is 25.1 Å². The molecule has 7 nitrogen and oxygen atoms in total. The molecular weight excluding hydrogens is 332 g/mol. The highest BCUT2D eigenvalue weighted by molar-refractivity contribution is 6.39. The Balaban J connectivity index is 2.13. The first-order valence-corrected chi connectivity index (χ1v) is 9.00. The third kappa shape index (κ3) is 4.82. The molecule has 2 amide bonds. The zero-order valence-electron chi connectivity index (χ0n) is 16.0. The Bertz CT molecular complexity index is 671. The van der Waals surface area contributed by atoms with Crippen LogP contribution in [0.5, 0.6) is 5.75 Å². The SMILES string of the molecule is CCN(CC)C(CNC(=O)C1=NN(C)C(=O)CC1)c1cccc(OC)c1. The first-order chi connectivity index (χ1) is 12.5. The number of rotatable bonds is 8. The van der Waals surface area contributed by atoms with Crippen molar-refractivity contribution in [3.63, 3.8) is 0 Å². The molecule has 1 aromatic carbocycles. The summed E-state index contributed by atoms with van der Waals surface area (Å²) in [4.78, 5) is 26.3. The van der Waals surface area contributed by atoms with E-state index in [1.54, 1.807) is 14.2 Å². The molecule has 0 aromatic heterocycles. The van der Waals surface area contributed by atoms with Crippen LogP contribution >= 0.6 is 0 Å². The molecule has 1 atom stereocenters. The highest BCUT2D eigenvalue weighted by atomic mass is 16.5. The summed E-state index contributed by atoms with van der Waals surface area (Å²) in [6, 6.07) is 7.94. The van der Waals surface area contributed by atoms with E-state index in [9.17, 15) is 9.59 Å². The number of nitrogens with zero attached hydrogens (tertiary/aromatic N) is 3. The summed E-state index contributed by atoms with van der Waals surface area (Å²) in [7, 11) is 3.22. The summed E-state index contributed by atoms with van der Waals surface area (Å²) < 4.78 is 5.33. The molecule has 0 bridgehead atoms. The first kappa shape index (κ1) is 19.9. The standard InChI is InChI=1S/C19H28N4O3/c1-5-23(6-2)17(14-8-7-9-15(12-14)26-4)13-20-19(25)16-10-11-18(24)22(3)21-16/h7-9,12,17H,5-6,10-11,13H2,1-4H3,(H,20,25). The van der Waals surface area contributed by atoms with Crippen LogP contribution in [-0.2, 0) is 9.59 Å². The molecule has 1 aliphatic rings. The molecule has 1 heterocycles. The Morgan fingerprint density at radius 2 is 2.08 bits per heavy atom. The lowest BCUT2D eigenvalue weighted by atomic mass is 10.0. The monoisotopic (exact) mass is 360 g/mol. The van der Waals surface area contributed by atoms with E-state index in [0.717, 1.165) is 24.4 Å². The van der Waals surface area contributed by atoms with Crippen LogP contribution in [0.1, 0.15) is 38.3 Å². The quantitative estimate of drug-likeness (QED) is 0.767. The third-order valence-corrected chi connectivity index (χ3v) is 4.66. The largest absolute Gasteiger partial charge is 0.497 e. The van der Waals surface area contributed by atoms with Gasteiger partial charge in [-0.3, -0.25) is 14.5 Å². The molecule has 0 radical (unpaired) electrons. The van der Waals surface area contributed by atoms with Gasteiger partial charge >= 0.3 is 0 Å². The smallest absolute Gasteiger partial charge is 0.267 e. The molecule has 142 valence electrons. The van der Waals surface area contributed by atoms with E-state index in [-0.39, 0.29) is 17.9 Å². The highest BCUT2D eigenvalue weighted by Crippen LogP contribution is 2.24. The van der Waals surface area contributed by atoms with Crippen LogP contribution in [-0.4, -0.2) is 61.2 Å². The van der Waals surface area contributed by atoms with Gasteiger partial charge in [-0.05, 0) is 30.8 Å². The van der Waals surface area contributed by atoms with Crippen molar-refractivity contribution in [3.05, 3.63) is 29.8 Å². The van der Waals surface area contributed by atoms with Gasteiger partial charge in [-0.25, -0.2) is 5.01 Å². The summed E-state index contributed by atoms with van der Waals surface area (Å²) in [5.41, 5.74) is 1.49. The molecule has 0 fully saturated rings. The van der Waals surface area contributed by atoms with Gasteiger partial charge in [-0.15, -0.1) is 0 Å². The molecule has 1 unspecified atom stereocenters. The van der Waals surface area contributed by atoms with Crippen LogP contribution in [0.4, 0.5) is 0 Å². The van der Waals surface area contributed by atoms with Gasteiger partial charge in [0.1, 0.15) is 11.5 Å². The van der Waals surface area contributed by atoms with Crippen molar-refractivity contribution >= 4 is 17.5 Å². The van der Waals surface area contributed by atoms with Crippen molar-refractivity contribution in [2.24, 2.45) is 5.10 Å². The summed E-state index contributed by atoms with van der Waals surface area (Å²) >= 11 is 0. The van der Waals surface area contributed by atoms with E-state index in [2.05, 4.69) is 29.2 Å². The van der Waals surface area contributed by atoms with Crippen molar-refractivity contribution < 1.29 is 14.3 Å². The maximum atomic E-state index is 12.5. The second-order valence-electron chi connectivity index (χ2n) is 6.19. The minimum absolute atomic E-state index is 0.0348. The highest BCUT2D eigenvalue weighted by Gasteiger charge is 2.24. The number of benzene rings is 1. The van der Waals surface area contributed by atoms with E-state index >= 15 is 0 Å². The lowest BCUT2D eigenvalue weighted by Gasteiger charge is -2.30. The number of carbonyl (C=O) groups excluding carboxylic acids is 2. The molecule has 0 spiro atoms. The lowest BCUT2D eigenvalue weighted by Crippen LogP contribution is -2.42. The van der Waals surface area contributed by atoms with Crippen LogP contribution < -0.4 is 10.1 Å². The lowest BCUT2D eigenvalue weighted by molar-refractivity contribution is -0.130. The van der Waals surface area contributed by atoms with Crippen LogP contribution in [0.2, 0.25) is 0 Å². The van der Waals surface area contributed by atoms with Crippen molar-refractivity contribution in [2.45, 2.75) is 32.7 Å². The summed E-state index contributed by atoms with van der Waals surface area (Å²) in [6.45, 7) is 6.40. The van der Waals surface area contributed by atoms with Crippen molar-refractivity contribution in [1.29, 1.82) is 0 Å². The summed E-state index contributed by atoms with van der Waals surface area (Å²) in [5, 5.41) is 8.30. The van der Waals surface area contributed by atoms with Gasteiger partial charge in [0.05, 0.1) is 13.2 Å². The number of hydrogen-bond acceptors (Lipinski definition) is 5. The predicted octanol–water partition coefficient (Wildman–Crippen LogP) is 1.80. The Labute approximate surface area is 155 Å². The molecule has 7 heteroatoms. The minimum atomic E-state index is -0.218. The molecule has 26 heavy (non-hydrogen) atoms. The van der Waals surface area contributed by atoms with Crippen LogP contribution in [0, 0.1) is 0 Å². The number of nitrogens with one attached hydrogen (secondary N) is 1. The van der Waals surface area contributed by atoms with E-state index in [1.165, 1.54) is 5.01 Å².